The zero-order valence-corrected chi connectivity index (χ0v) is 12.5. The summed E-state index contributed by atoms with van der Waals surface area (Å²) in [6, 6.07) is 0. The van der Waals surface area contributed by atoms with Crippen molar-refractivity contribution in [3.8, 4) is 0 Å². The molecule has 21 heavy (non-hydrogen) atoms. The number of nitrogens with zero attached hydrogens (tertiary/aromatic N) is 1. The summed E-state index contributed by atoms with van der Waals surface area (Å²) in [6.07, 6.45) is 2.15. The highest BCUT2D eigenvalue weighted by Gasteiger charge is 2.48. The molecular formula is C14H23N3O4. The van der Waals surface area contributed by atoms with Crippen molar-refractivity contribution in [1.82, 2.24) is 10.2 Å². The normalized spacial score (nSPS) is 27.3. The highest BCUT2D eigenvalue weighted by Crippen LogP contribution is 2.37. The second-order valence-electron chi connectivity index (χ2n) is 6.60. The first kappa shape index (κ1) is 15.8. The van der Waals surface area contributed by atoms with Crippen molar-refractivity contribution < 1.29 is 19.5 Å². The molecule has 0 bridgehead atoms. The van der Waals surface area contributed by atoms with Crippen molar-refractivity contribution in [2.45, 2.75) is 50.6 Å². The Bertz CT molecular complexity index is 467. The summed E-state index contributed by atoms with van der Waals surface area (Å²) in [6.45, 7) is 4.23. The van der Waals surface area contributed by atoms with Crippen LogP contribution in [0.2, 0.25) is 0 Å². The number of carboxylic acids is 1. The van der Waals surface area contributed by atoms with Crippen molar-refractivity contribution in [3.63, 3.8) is 0 Å². The lowest BCUT2D eigenvalue weighted by molar-refractivity contribution is -0.143. The van der Waals surface area contributed by atoms with E-state index in [2.05, 4.69) is 5.32 Å². The van der Waals surface area contributed by atoms with E-state index in [0.29, 0.717) is 32.4 Å². The molecule has 0 aromatic carbocycles. The third kappa shape index (κ3) is 3.18. The molecule has 118 valence electrons. The van der Waals surface area contributed by atoms with Crippen LogP contribution in [0, 0.1) is 5.92 Å². The number of hydrogen-bond donors (Lipinski definition) is 3. The molecule has 7 nitrogen and oxygen atoms in total. The molecular weight excluding hydrogens is 274 g/mol. The molecule has 2 amide bonds. The van der Waals surface area contributed by atoms with Gasteiger partial charge in [-0.2, -0.15) is 0 Å². The van der Waals surface area contributed by atoms with E-state index in [1.165, 1.54) is 6.92 Å². The Morgan fingerprint density at radius 1 is 1.48 bits per heavy atom. The summed E-state index contributed by atoms with van der Waals surface area (Å²) in [4.78, 5) is 36.3. The zero-order chi connectivity index (χ0) is 15.8. The summed E-state index contributed by atoms with van der Waals surface area (Å²) >= 11 is 0. The SMILES string of the molecule is CC(=O)N1CCC2(CC1)C[C@@H](C[C@](C)(N)C(=O)O)C(=O)N2. The topological polar surface area (TPSA) is 113 Å². The number of carbonyl (C=O) groups excluding carboxylic acids is 2. The van der Waals surface area contributed by atoms with Crippen LogP contribution in [0.5, 0.6) is 0 Å². The van der Waals surface area contributed by atoms with Gasteiger partial charge in [-0.15, -0.1) is 0 Å². The van der Waals surface area contributed by atoms with Gasteiger partial charge >= 0.3 is 5.97 Å². The van der Waals surface area contributed by atoms with E-state index in [1.807, 2.05) is 0 Å². The van der Waals surface area contributed by atoms with Gasteiger partial charge in [0, 0.05) is 31.5 Å². The number of carboxylic acid groups (broad SMARTS) is 1. The smallest absolute Gasteiger partial charge is 0.323 e. The molecule has 2 aliphatic rings. The number of likely N-dealkylation sites (tertiary alicyclic amines) is 1. The first-order valence-electron chi connectivity index (χ1n) is 7.25. The summed E-state index contributed by atoms with van der Waals surface area (Å²) < 4.78 is 0. The maximum Gasteiger partial charge on any atom is 0.323 e. The lowest BCUT2D eigenvalue weighted by Gasteiger charge is -2.39. The molecule has 0 radical (unpaired) electrons. The molecule has 0 aromatic heterocycles. The molecule has 2 fully saturated rings. The molecule has 2 saturated heterocycles. The van der Waals surface area contributed by atoms with Crippen molar-refractivity contribution in [3.05, 3.63) is 0 Å². The van der Waals surface area contributed by atoms with E-state index in [-0.39, 0.29) is 29.7 Å². The van der Waals surface area contributed by atoms with E-state index in [1.54, 1.807) is 11.8 Å². The van der Waals surface area contributed by atoms with Crippen LogP contribution in [0.25, 0.3) is 0 Å². The Kier molecular flexibility index (Phi) is 3.97. The highest BCUT2D eigenvalue weighted by atomic mass is 16.4. The minimum absolute atomic E-state index is 0.0473. The first-order chi connectivity index (χ1) is 9.65. The third-order valence-electron chi connectivity index (χ3n) is 4.72. The average Bonchev–Trinajstić information content (AvgIpc) is 2.65. The van der Waals surface area contributed by atoms with Crippen molar-refractivity contribution in [2.75, 3.05) is 13.1 Å². The van der Waals surface area contributed by atoms with Gasteiger partial charge in [0.2, 0.25) is 11.8 Å². The van der Waals surface area contributed by atoms with Gasteiger partial charge in [0.1, 0.15) is 5.54 Å². The third-order valence-corrected chi connectivity index (χ3v) is 4.72. The number of nitrogens with two attached hydrogens (primary N) is 1. The van der Waals surface area contributed by atoms with Gasteiger partial charge in [0.05, 0.1) is 0 Å². The zero-order valence-electron chi connectivity index (χ0n) is 12.5. The summed E-state index contributed by atoms with van der Waals surface area (Å²) in [5.74, 6) is -1.54. The first-order valence-corrected chi connectivity index (χ1v) is 7.25. The minimum Gasteiger partial charge on any atom is -0.480 e. The summed E-state index contributed by atoms with van der Waals surface area (Å²) in [7, 11) is 0. The average molecular weight is 297 g/mol. The van der Waals surface area contributed by atoms with Crippen LogP contribution in [-0.4, -0.2) is 52.0 Å². The van der Waals surface area contributed by atoms with E-state index in [0.717, 1.165) is 0 Å². The van der Waals surface area contributed by atoms with Crippen LogP contribution in [0.3, 0.4) is 0 Å². The fraction of sp³-hybridized carbons (Fsp3) is 0.786. The van der Waals surface area contributed by atoms with Crippen LogP contribution in [0.4, 0.5) is 0 Å². The number of rotatable bonds is 3. The van der Waals surface area contributed by atoms with Gasteiger partial charge in [-0.1, -0.05) is 0 Å². The second-order valence-corrected chi connectivity index (χ2v) is 6.60. The molecule has 4 N–H and O–H groups in total. The standard InChI is InChI=1S/C14H23N3O4/c1-9(18)17-5-3-14(4-6-17)8-10(11(19)16-14)7-13(2,15)12(20)21/h10H,3-8,15H2,1-2H3,(H,16,19)(H,20,21)/t10-,13+/m1/s1. The number of carbonyl (C=O) groups is 3. The summed E-state index contributed by atoms with van der Waals surface area (Å²) in [5, 5.41) is 12.1. The van der Waals surface area contributed by atoms with Crippen LogP contribution in [-0.2, 0) is 14.4 Å². The lowest BCUT2D eigenvalue weighted by Crippen LogP contribution is -2.51. The molecule has 2 aliphatic heterocycles. The van der Waals surface area contributed by atoms with Crippen molar-refractivity contribution in [1.29, 1.82) is 0 Å². The highest BCUT2D eigenvalue weighted by molar-refractivity contribution is 5.84. The maximum absolute atomic E-state index is 12.1. The summed E-state index contributed by atoms with van der Waals surface area (Å²) in [5.41, 5.74) is 4.05. The van der Waals surface area contributed by atoms with Gasteiger partial charge in [-0.25, -0.2) is 0 Å². The molecule has 2 atom stereocenters. The second kappa shape index (κ2) is 5.29. The van der Waals surface area contributed by atoms with Gasteiger partial charge in [0.25, 0.3) is 0 Å². The Morgan fingerprint density at radius 3 is 2.52 bits per heavy atom. The predicted molar refractivity (Wildman–Crippen MR) is 75.3 cm³/mol. The Hall–Kier alpha value is -1.63. The van der Waals surface area contributed by atoms with E-state index >= 15 is 0 Å². The fourth-order valence-electron chi connectivity index (χ4n) is 3.32. The Balaban J connectivity index is 2.00. The number of aliphatic carboxylic acids is 1. The molecule has 0 saturated carbocycles. The Morgan fingerprint density at radius 2 is 2.05 bits per heavy atom. The molecule has 2 rings (SSSR count). The quantitative estimate of drug-likeness (QED) is 0.662. The van der Waals surface area contributed by atoms with Crippen molar-refractivity contribution in [2.24, 2.45) is 11.7 Å². The van der Waals surface area contributed by atoms with E-state index in [4.69, 9.17) is 10.8 Å². The van der Waals surface area contributed by atoms with Gasteiger partial charge < -0.3 is 21.1 Å². The molecule has 0 aliphatic carbocycles. The largest absolute Gasteiger partial charge is 0.480 e. The Labute approximate surface area is 123 Å². The van der Waals surface area contributed by atoms with Gasteiger partial charge in [-0.3, -0.25) is 14.4 Å². The van der Waals surface area contributed by atoms with E-state index in [9.17, 15) is 14.4 Å². The molecule has 0 aromatic rings. The van der Waals surface area contributed by atoms with Crippen LogP contribution in [0.1, 0.15) is 39.5 Å². The minimum atomic E-state index is -1.40. The fourth-order valence-corrected chi connectivity index (χ4v) is 3.32. The van der Waals surface area contributed by atoms with Gasteiger partial charge in [-0.05, 0) is 32.6 Å². The van der Waals surface area contributed by atoms with Crippen molar-refractivity contribution >= 4 is 17.8 Å². The predicted octanol–water partition coefficient (Wildman–Crippen LogP) is -0.304. The molecule has 7 heteroatoms. The molecule has 0 unspecified atom stereocenters. The van der Waals surface area contributed by atoms with Crippen LogP contribution >= 0.6 is 0 Å². The van der Waals surface area contributed by atoms with Crippen LogP contribution < -0.4 is 11.1 Å². The lowest BCUT2D eigenvalue weighted by atomic mass is 9.80. The van der Waals surface area contributed by atoms with E-state index < -0.39 is 11.5 Å². The number of amides is 2. The number of nitrogens with one attached hydrogen (secondary N) is 1. The monoisotopic (exact) mass is 297 g/mol. The number of piperidine rings is 1. The van der Waals surface area contributed by atoms with Crippen LogP contribution in [0.15, 0.2) is 0 Å². The molecule has 1 spiro atoms. The van der Waals surface area contributed by atoms with Gasteiger partial charge in [0.15, 0.2) is 0 Å². The number of hydrogen-bond acceptors (Lipinski definition) is 4. The maximum atomic E-state index is 12.1. The molecule has 2 heterocycles.